The number of ether oxygens (including phenoxy) is 2. The summed E-state index contributed by atoms with van der Waals surface area (Å²) >= 11 is 0. The maximum absolute atomic E-state index is 12.6. The van der Waals surface area contributed by atoms with Crippen molar-refractivity contribution < 1.29 is 32.5 Å². The number of benzene rings is 3. The molecule has 0 radical (unpaired) electrons. The number of hydrogen-bond donors (Lipinski definition) is 1. The van der Waals surface area contributed by atoms with Gasteiger partial charge in [-0.15, -0.1) is 0 Å². The SMILES string of the molecule is Cc1c(Oc2ccccc2OCC=Cc2ccc(C(F)(F)F)cc2)cccc1C(=O)O. The van der Waals surface area contributed by atoms with E-state index >= 15 is 0 Å². The van der Waals surface area contributed by atoms with Crippen LogP contribution in [0.3, 0.4) is 0 Å². The monoisotopic (exact) mass is 428 g/mol. The fraction of sp³-hybridized carbons (Fsp3) is 0.125. The second-order valence-corrected chi connectivity index (χ2v) is 6.62. The second kappa shape index (κ2) is 9.38. The first-order valence-electron chi connectivity index (χ1n) is 9.32. The minimum absolute atomic E-state index is 0.148. The normalized spacial score (nSPS) is 11.5. The molecular weight excluding hydrogens is 409 g/mol. The molecule has 0 aliphatic heterocycles. The Labute approximate surface area is 177 Å². The Morgan fingerprint density at radius 2 is 1.58 bits per heavy atom. The molecule has 0 saturated heterocycles. The third-order valence-electron chi connectivity index (χ3n) is 4.47. The molecule has 0 aromatic heterocycles. The summed E-state index contributed by atoms with van der Waals surface area (Å²) in [5.74, 6) is 0.216. The quantitative estimate of drug-likeness (QED) is 0.461. The van der Waals surface area contributed by atoms with E-state index in [4.69, 9.17) is 9.47 Å². The summed E-state index contributed by atoms with van der Waals surface area (Å²) in [6, 6.07) is 16.5. The van der Waals surface area contributed by atoms with Gasteiger partial charge in [-0.05, 0) is 55.0 Å². The van der Waals surface area contributed by atoms with Crippen LogP contribution < -0.4 is 9.47 Å². The van der Waals surface area contributed by atoms with E-state index in [1.54, 1.807) is 55.5 Å². The third-order valence-corrected chi connectivity index (χ3v) is 4.47. The van der Waals surface area contributed by atoms with Gasteiger partial charge in [-0.3, -0.25) is 0 Å². The summed E-state index contributed by atoms with van der Waals surface area (Å²) in [5.41, 5.74) is 0.554. The zero-order valence-electron chi connectivity index (χ0n) is 16.5. The van der Waals surface area contributed by atoms with Gasteiger partial charge in [0.15, 0.2) is 11.5 Å². The average Bonchev–Trinajstić information content (AvgIpc) is 2.73. The molecule has 0 amide bonds. The van der Waals surface area contributed by atoms with Crippen LogP contribution in [0.15, 0.2) is 72.8 Å². The molecule has 3 aromatic rings. The van der Waals surface area contributed by atoms with Crippen LogP contribution in [0.5, 0.6) is 17.2 Å². The number of halogens is 3. The number of alkyl halides is 3. The van der Waals surface area contributed by atoms with Gasteiger partial charge >= 0.3 is 12.1 Å². The van der Waals surface area contributed by atoms with Crippen LogP contribution in [0, 0.1) is 6.92 Å². The second-order valence-electron chi connectivity index (χ2n) is 6.62. The van der Waals surface area contributed by atoms with Crippen molar-refractivity contribution in [2.45, 2.75) is 13.1 Å². The van der Waals surface area contributed by atoms with E-state index < -0.39 is 17.7 Å². The molecule has 0 fully saturated rings. The lowest BCUT2D eigenvalue weighted by Gasteiger charge is -2.14. The first-order chi connectivity index (χ1) is 14.8. The highest BCUT2D eigenvalue weighted by atomic mass is 19.4. The summed E-state index contributed by atoms with van der Waals surface area (Å²) in [6.07, 6.45) is -1.03. The Balaban J connectivity index is 1.67. The lowest BCUT2D eigenvalue weighted by molar-refractivity contribution is -0.137. The summed E-state index contributed by atoms with van der Waals surface area (Å²) in [6.45, 7) is 1.82. The number of para-hydroxylation sites is 2. The highest BCUT2D eigenvalue weighted by Gasteiger charge is 2.29. The Morgan fingerprint density at radius 3 is 2.23 bits per heavy atom. The molecular formula is C24H19F3O4. The smallest absolute Gasteiger partial charge is 0.416 e. The van der Waals surface area contributed by atoms with Crippen LogP contribution in [-0.4, -0.2) is 17.7 Å². The minimum Gasteiger partial charge on any atom is -0.486 e. The Bertz CT molecular complexity index is 1090. The van der Waals surface area contributed by atoms with Crippen molar-refractivity contribution in [2.75, 3.05) is 6.61 Å². The van der Waals surface area contributed by atoms with E-state index in [1.807, 2.05) is 0 Å². The molecule has 0 spiro atoms. The number of carbonyl (C=O) groups is 1. The van der Waals surface area contributed by atoms with Gasteiger partial charge in [-0.25, -0.2) is 4.79 Å². The van der Waals surface area contributed by atoms with E-state index in [2.05, 4.69) is 0 Å². The highest BCUT2D eigenvalue weighted by Crippen LogP contribution is 2.34. The first-order valence-corrected chi connectivity index (χ1v) is 9.32. The van der Waals surface area contributed by atoms with Crippen molar-refractivity contribution in [3.63, 3.8) is 0 Å². The molecule has 0 saturated carbocycles. The number of carboxylic acid groups (broad SMARTS) is 1. The molecule has 3 rings (SSSR count). The van der Waals surface area contributed by atoms with Crippen molar-refractivity contribution in [3.05, 3.63) is 95.1 Å². The van der Waals surface area contributed by atoms with E-state index in [0.29, 0.717) is 28.4 Å². The summed E-state index contributed by atoms with van der Waals surface area (Å²) in [7, 11) is 0. The number of hydrogen-bond acceptors (Lipinski definition) is 3. The number of rotatable bonds is 7. The van der Waals surface area contributed by atoms with Crippen LogP contribution in [0.25, 0.3) is 6.08 Å². The summed E-state index contributed by atoms with van der Waals surface area (Å²) in [4.78, 5) is 11.3. The lowest BCUT2D eigenvalue weighted by Crippen LogP contribution is -2.04. The molecule has 4 nitrogen and oxygen atoms in total. The first kappa shape index (κ1) is 22.0. The Hall–Kier alpha value is -3.74. The van der Waals surface area contributed by atoms with Gasteiger partial charge in [-0.2, -0.15) is 13.2 Å². The van der Waals surface area contributed by atoms with Gasteiger partial charge in [0.25, 0.3) is 0 Å². The largest absolute Gasteiger partial charge is 0.486 e. The number of aromatic carboxylic acids is 1. The van der Waals surface area contributed by atoms with Gasteiger partial charge in [0.05, 0.1) is 11.1 Å². The molecule has 7 heteroatoms. The van der Waals surface area contributed by atoms with E-state index in [1.165, 1.54) is 18.2 Å². The van der Waals surface area contributed by atoms with Gasteiger partial charge in [0, 0.05) is 5.56 Å². The van der Waals surface area contributed by atoms with Gasteiger partial charge in [0.1, 0.15) is 12.4 Å². The molecule has 160 valence electrons. The average molecular weight is 428 g/mol. The molecule has 0 unspecified atom stereocenters. The van der Waals surface area contributed by atoms with Gasteiger partial charge in [-0.1, -0.05) is 36.4 Å². The van der Waals surface area contributed by atoms with Crippen molar-refractivity contribution >= 4 is 12.0 Å². The molecule has 0 heterocycles. The summed E-state index contributed by atoms with van der Waals surface area (Å²) in [5, 5.41) is 9.26. The van der Waals surface area contributed by atoms with Crippen LogP contribution in [-0.2, 0) is 6.18 Å². The fourth-order valence-corrected chi connectivity index (χ4v) is 2.83. The van der Waals surface area contributed by atoms with Crippen molar-refractivity contribution in [3.8, 4) is 17.2 Å². The molecule has 0 aliphatic rings. The van der Waals surface area contributed by atoms with Gasteiger partial charge in [0.2, 0.25) is 0 Å². The predicted molar refractivity (Wildman–Crippen MR) is 111 cm³/mol. The van der Waals surface area contributed by atoms with Crippen molar-refractivity contribution in [1.82, 2.24) is 0 Å². The molecule has 0 bridgehead atoms. The maximum atomic E-state index is 12.6. The zero-order chi connectivity index (χ0) is 22.4. The van der Waals surface area contributed by atoms with Crippen LogP contribution in [0.1, 0.15) is 27.0 Å². The molecule has 0 atom stereocenters. The van der Waals surface area contributed by atoms with E-state index in [9.17, 15) is 23.1 Å². The predicted octanol–water partition coefficient (Wildman–Crippen LogP) is 6.60. The minimum atomic E-state index is -4.36. The molecule has 3 aromatic carbocycles. The van der Waals surface area contributed by atoms with E-state index in [-0.39, 0.29) is 12.2 Å². The van der Waals surface area contributed by atoms with Crippen LogP contribution >= 0.6 is 0 Å². The zero-order valence-corrected chi connectivity index (χ0v) is 16.5. The Morgan fingerprint density at radius 1 is 0.935 bits per heavy atom. The molecule has 0 aliphatic carbocycles. The molecule has 31 heavy (non-hydrogen) atoms. The van der Waals surface area contributed by atoms with Crippen molar-refractivity contribution in [1.29, 1.82) is 0 Å². The Kier molecular flexibility index (Phi) is 6.65. The number of carboxylic acids is 1. The van der Waals surface area contributed by atoms with Crippen LogP contribution in [0.4, 0.5) is 13.2 Å². The van der Waals surface area contributed by atoms with Crippen molar-refractivity contribution in [2.24, 2.45) is 0 Å². The standard InChI is InChI=1S/C24H19F3O4/c1-16-19(23(28)29)7-4-10-20(16)31-22-9-3-2-8-21(22)30-15-5-6-17-11-13-18(14-12-17)24(25,26)27/h2-14H,15H2,1H3,(H,28,29). The van der Waals surface area contributed by atoms with Crippen LogP contribution in [0.2, 0.25) is 0 Å². The lowest BCUT2D eigenvalue weighted by atomic mass is 10.1. The maximum Gasteiger partial charge on any atom is 0.416 e. The van der Waals surface area contributed by atoms with E-state index in [0.717, 1.165) is 12.1 Å². The topological polar surface area (TPSA) is 55.8 Å². The molecule has 1 N–H and O–H groups in total. The highest BCUT2D eigenvalue weighted by molar-refractivity contribution is 5.90. The fourth-order valence-electron chi connectivity index (χ4n) is 2.83. The van der Waals surface area contributed by atoms with Gasteiger partial charge < -0.3 is 14.6 Å². The summed E-state index contributed by atoms with van der Waals surface area (Å²) < 4.78 is 49.4. The third kappa shape index (κ3) is 5.66.